The molecule has 1 heterocycles. The fourth-order valence-corrected chi connectivity index (χ4v) is 2.85. The van der Waals surface area contributed by atoms with E-state index in [1.54, 1.807) is 0 Å². The van der Waals surface area contributed by atoms with Crippen LogP contribution in [-0.2, 0) is 0 Å². The van der Waals surface area contributed by atoms with Crippen LogP contribution in [-0.4, -0.2) is 4.98 Å². The van der Waals surface area contributed by atoms with Crippen molar-refractivity contribution in [3.63, 3.8) is 0 Å². The number of pyridine rings is 1. The fraction of sp³-hybridized carbons (Fsp3) is 0. The molecule has 0 saturated heterocycles. The highest BCUT2D eigenvalue weighted by molar-refractivity contribution is 6.09. The summed E-state index contributed by atoms with van der Waals surface area (Å²) >= 11 is 0. The Kier molecular flexibility index (Phi) is 2.61. The molecule has 3 aromatic carbocycles. The molecule has 2 nitrogen and oxygen atoms in total. The Balaban J connectivity index is 2.21. The first-order valence-corrected chi connectivity index (χ1v) is 6.96. The van der Waals surface area contributed by atoms with Crippen LogP contribution in [0, 0.1) is 0 Å². The Morgan fingerprint density at radius 3 is 1.90 bits per heavy atom. The number of aromatic nitrogens is 1. The van der Waals surface area contributed by atoms with Crippen LogP contribution < -0.4 is 5.73 Å². The molecular formula is C19H14N2. The molecule has 2 N–H and O–H groups in total. The summed E-state index contributed by atoms with van der Waals surface area (Å²) in [6.45, 7) is 0. The lowest BCUT2D eigenvalue weighted by molar-refractivity contribution is 1.49. The second-order valence-electron chi connectivity index (χ2n) is 5.15. The van der Waals surface area contributed by atoms with Crippen LogP contribution in [0.5, 0.6) is 0 Å². The molecule has 0 spiro atoms. The van der Waals surface area contributed by atoms with E-state index in [4.69, 9.17) is 10.7 Å². The van der Waals surface area contributed by atoms with Crippen molar-refractivity contribution in [2.45, 2.75) is 0 Å². The van der Waals surface area contributed by atoms with Gasteiger partial charge in [-0.1, -0.05) is 48.5 Å². The van der Waals surface area contributed by atoms with Gasteiger partial charge in [-0.3, -0.25) is 0 Å². The lowest BCUT2D eigenvalue weighted by Crippen LogP contribution is -1.90. The quantitative estimate of drug-likeness (QED) is 0.404. The average Bonchev–Trinajstić information content (AvgIpc) is 2.52. The summed E-state index contributed by atoms with van der Waals surface area (Å²) in [5.74, 6) is 0. The highest BCUT2D eigenvalue weighted by Gasteiger charge is 2.10. The summed E-state index contributed by atoms with van der Waals surface area (Å²) in [5.41, 5.74) is 11.1. The molecule has 0 fully saturated rings. The number of para-hydroxylation sites is 2. The molecule has 0 amide bonds. The first-order chi connectivity index (χ1) is 10.3. The zero-order valence-corrected chi connectivity index (χ0v) is 11.5. The van der Waals surface area contributed by atoms with E-state index < -0.39 is 0 Å². The van der Waals surface area contributed by atoms with Crippen molar-refractivity contribution in [2.24, 2.45) is 0 Å². The van der Waals surface area contributed by atoms with E-state index in [2.05, 4.69) is 42.5 Å². The molecule has 0 atom stereocenters. The van der Waals surface area contributed by atoms with Crippen LogP contribution in [0.1, 0.15) is 0 Å². The number of hydrogen-bond acceptors (Lipinski definition) is 2. The van der Waals surface area contributed by atoms with Crippen LogP contribution in [0.2, 0.25) is 0 Å². The summed E-state index contributed by atoms with van der Waals surface area (Å²) in [6, 6.07) is 24.5. The van der Waals surface area contributed by atoms with Crippen LogP contribution >= 0.6 is 0 Å². The number of rotatable bonds is 1. The minimum atomic E-state index is 0.775. The number of benzene rings is 3. The van der Waals surface area contributed by atoms with Gasteiger partial charge in [-0.25, -0.2) is 4.98 Å². The average molecular weight is 270 g/mol. The van der Waals surface area contributed by atoms with Crippen LogP contribution in [0.25, 0.3) is 32.9 Å². The van der Waals surface area contributed by atoms with Crippen LogP contribution in [0.4, 0.5) is 5.69 Å². The summed E-state index contributed by atoms with van der Waals surface area (Å²) in [4.78, 5) is 4.76. The van der Waals surface area contributed by atoms with E-state index in [0.717, 1.165) is 33.1 Å². The number of nitrogens with two attached hydrogens (primary N) is 1. The zero-order chi connectivity index (χ0) is 14.2. The van der Waals surface area contributed by atoms with Gasteiger partial charge in [0.15, 0.2) is 0 Å². The standard InChI is InChI=1S/C19H14N2/c20-14-7-5-6-13(12-14)19-15-8-1-3-10-17(15)21-18-11-4-2-9-16(18)19/h1-12H,20H2. The Hall–Kier alpha value is -2.87. The molecule has 0 saturated carbocycles. The molecule has 4 aromatic rings. The van der Waals surface area contributed by atoms with E-state index in [1.165, 1.54) is 5.56 Å². The molecule has 4 rings (SSSR count). The van der Waals surface area contributed by atoms with E-state index in [9.17, 15) is 0 Å². The van der Waals surface area contributed by atoms with Crippen molar-refractivity contribution in [2.75, 3.05) is 5.73 Å². The SMILES string of the molecule is Nc1cccc(-c2c3ccccc3nc3ccccc23)c1. The highest BCUT2D eigenvalue weighted by atomic mass is 14.7. The van der Waals surface area contributed by atoms with Gasteiger partial charge in [0.1, 0.15) is 0 Å². The van der Waals surface area contributed by atoms with Crippen LogP contribution in [0.3, 0.4) is 0 Å². The molecule has 1 aromatic heterocycles. The fourth-order valence-electron chi connectivity index (χ4n) is 2.85. The molecule has 100 valence electrons. The molecule has 2 heteroatoms. The Bertz CT molecular complexity index is 904. The van der Waals surface area contributed by atoms with Gasteiger partial charge < -0.3 is 5.73 Å². The lowest BCUT2D eigenvalue weighted by Gasteiger charge is -2.11. The van der Waals surface area contributed by atoms with Crippen molar-refractivity contribution < 1.29 is 0 Å². The van der Waals surface area contributed by atoms with Crippen molar-refractivity contribution in [3.8, 4) is 11.1 Å². The third kappa shape index (κ3) is 1.93. The van der Waals surface area contributed by atoms with E-state index in [-0.39, 0.29) is 0 Å². The van der Waals surface area contributed by atoms with E-state index in [0.29, 0.717) is 0 Å². The molecule has 0 bridgehead atoms. The minimum Gasteiger partial charge on any atom is -0.399 e. The third-order valence-corrected chi connectivity index (χ3v) is 3.76. The smallest absolute Gasteiger partial charge is 0.0715 e. The molecule has 0 aliphatic heterocycles. The maximum atomic E-state index is 5.97. The number of anilines is 1. The molecular weight excluding hydrogens is 256 g/mol. The predicted octanol–water partition coefficient (Wildman–Crippen LogP) is 4.64. The van der Waals surface area contributed by atoms with Crippen LogP contribution in [0.15, 0.2) is 72.8 Å². The molecule has 0 aliphatic carbocycles. The third-order valence-electron chi connectivity index (χ3n) is 3.76. The van der Waals surface area contributed by atoms with Gasteiger partial charge in [-0.2, -0.15) is 0 Å². The Labute approximate surface area is 122 Å². The topological polar surface area (TPSA) is 38.9 Å². The summed E-state index contributed by atoms with van der Waals surface area (Å²) < 4.78 is 0. The van der Waals surface area contributed by atoms with Gasteiger partial charge in [0, 0.05) is 22.0 Å². The van der Waals surface area contributed by atoms with Gasteiger partial charge >= 0.3 is 0 Å². The van der Waals surface area contributed by atoms with Crippen molar-refractivity contribution in [1.82, 2.24) is 4.98 Å². The van der Waals surface area contributed by atoms with Gasteiger partial charge in [0.2, 0.25) is 0 Å². The number of nitrogen functional groups attached to an aromatic ring is 1. The van der Waals surface area contributed by atoms with Crippen molar-refractivity contribution in [3.05, 3.63) is 72.8 Å². The second kappa shape index (κ2) is 4.60. The van der Waals surface area contributed by atoms with Gasteiger partial charge in [0.05, 0.1) is 11.0 Å². The summed E-state index contributed by atoms with van der Waals surface area (Å²) in [7, 11) is 0. The lowest BCUT2D eigenvalue weighted by atomic mass is 9.96. The molecule has 0 unspecified atom stereocenters. The minimum absolute atomic E-state index is 0.775. The molecule has 21 heavy (non-hydrogen) atoms. The Morgan fingerprint density at radius 1 is 0.667 bits per heavy atom. The summed E-state index contributed by atoms with van der Waals surface area (Å²) in [5, 5.41) is 2.31. The maximum Gasteiger partial charge on any atom is 0.0715 e. The van der Waals surface area contributed by atoms with Crippen molar-refractivity contribution >= 4 is 27.5 Å². The Morgan fingerprint density at radius 2 is 1.29 bits per heavy atom. The van der Waals surface area contributed by atoms with E-state index >= 15 is 0 Å². The first-order valence-electron chi connectivity index (χ1n) is 6.96. The first kappa shape index (κ1) is 11.9. The monoisotopic (exact) mass is 270 g/mol. The number of fused-ring (bicyclic) bond motifs is 2. The van der Waals surface area contributed by atoms with Gasteiger partial charge in [0.25, 0.3) is 0 Å². The highest BCUT2D eigenvalue weighted by Crippen LogP contribution is 2.35. The largest absolute Gasteiger partial charge is 0.399 e. The normalized spacial score (nSPS) is 11.0. The van der Waals surface area contributed by atoms with Gasteiger partial charge in [-0.15, -0.1) is 0 Å². The second-order valence-corrected chi connectivity index (χ2v) is 5.15. The molecule has 0 aliphatic rings. The summed E-state index contributed by atoms with van der Waals surface area (Å²) in [6.07, 6.45) is 0. The van der Waals surface area contributed by atoms with Crippen molar-refractivity contribution in [1.29, 1.82) is 0 Å². The number of nitrogens with zero attached hydrogens (tertiary/aromatic N) is 1. The van der Waals surface area contributed by atoms with E-state index in [1.807, 2.05) is 30.3 Å². The number of hydrogen-bond donors (Lipinski definition) is 1. The maximum absolute atomic E-state index is 5.97. The zero-order valence-electron chi connectivity index (χ0n) is 11.5. The van der Waals surface area contributed by atoms with Gasteiger partial charge in [-0.05, 0) is 29.8 Å². The predicted molar refractivity (Wildman–Crippen MR) is 89.1 cm³/mol. The molecule has 0 radical (unpaired) electrons.